The second-order valence-electron chi connectivity index (χ2n) is 3.90. The zero-order valence-corrected chi connectivity index (χ0v) is 11.5. The molecule has 1 aromatic heterocycles. The van der Waals surface area contributed by atoms with Crippen molar-refractivity contribution in [3.8, 4) is 0 Å². The Morgan fingerprint density at radius 2 is 2.37 bits per heavy atom. The van der Waals surface area contributed by atoms with Crippen molar-refractivity contribution < 1.29 is 19.5 Å². The van der Waals surface area contributed by atoms with Gasteiger partial charge in [-0.25, -0.2) is 4.79 Å². The molecule has 2 heterocycles. The smallest absolute Gasteiger partial charge is 0.328 e. The maximum atomic E-state index is 12.0. The van der Waals surface area contributed by atoms with Gasteiger partial charge in [-0.2, -0.15) is 0 Å². The number of thiophene rings is 1. The monoisotopic (exact) mass is 300 g/mol. The number of hydrogen-bond acceptors (Lipinski definition) is 5. The lowest BCUT2D eigenvalue weighted by Gasteiger charge is -2.32. The van der Waals surface area contributed by atoms with E-state index in [1.165, 1.54) is 23.1 Å². The zero-order chi connectivity index (χ0) is 13.8. The summed E-state index contributed by atoms with van der Waals surface area (Å²) in [7, 11) is 0. The highest BCUT2D eigenvalue weighted by Gasteiger charge is 2.34. The van der Waals surface area contributed by atoms with Crippen LogP contribution in [0.15, 0.2) is 21.7 Å². The van der Waals surface area contributed by atoms with Crippen molar-refractivity contribution in [2.24, 2.45) is 0 Å². The average Bonchev–Trinajstić information content (AvgIpc) is 2.88. The number of carboxylic acid groups (broad SMARTS) is 1. The van der Waals surface area contributed by atoms with Crippen LogP contribution in [0.5, 0.6) is 0 Å². The van der Waals surface area contributed by atoms with Crippen LogP contribution in [0.4, 0.5) is 0 Å². The van der Waals surface area contributed by atoms with Crippen molar-refractivity contribution >= 4 is 40.9 Å². The van der Waals surface area contributed by atoms with Gasteiger partial charge in [0.1, 0.15) is 12.6 Å². The number of carboxylic acids is 1. The highest BCUT2D eigenvalue weighted by atomic mass is 32.2. The van der Waals surface area contributed by atoms with Gasteiger partial charge in [-0.3, -0.25) is 9.59 Å². The highest BCUT2D eigenvalue weighted by molar-refractivity contribution is 8.01. The average molecular weight is 300 g/mol. The third kappa shape index (κ3) is 3.48. The van der Waals surface area contributed by atoms with Gasteiger partial charge < -0.3 is 15.3 Å². The molecule has 0 bridgehead atoms. The molecule has 102 valence electrons. The van der Waals surface area contributed by atoms with Crippen LogP contribution in [-0.4, -0.2) is 52.7 Å². The summed E-state index contributed by atoms with van der Waals surface area (Å²) in [6.07, 6.45) is 0. The summed E-state index contributed by atoms with van der Waals surface area (Å²) in [4.78, 5) is 35.5. The fourth-order valence-corrected chi connectivity index (χ4v) is 3.36. The van der Waals surface area contributed by atoms with Crippen LogP contribution in [0.3, 0.4) is 0 Å². The van der Waals surface area contributed by atoms with Crippen LogP contribution in [0, 0.1) is 0 Å². The van der Waals surface area contributed by atoms with Gasteiger partial charge in [0.2, 0.25) is 11.8 Å². The molecule has 1 saturated heterocycles. The molecule has 8 heteroatoms. The molecular formula is C11H12N2O4S2. The molecule has 2 amide bonds. The Hall–Kier alpha value is -1.54. The second-order valence-corrected chi connectivity index (χ2v) is 6.12. The third-order valence-corrected chi connectivity index (χ3v) is 4.74. The van der Waals surface area contributed by atoms with E-state index in [1.54, 1.807) is 0 Å². The van der Waals surface area contributed by atoms with E-state index < -0.39 is 12.0 Å². The molecule has 1 atom stereocenters. The molecule has 19 heavy (non-hydrogen) atoms. The number of nitrogens with one attached hydrogen (secondary N) is 1. The van der Waals surface area contributed by atoms with Gasteiger partial charge in [-0.15, -0.1) is 23.1 Å². The van der Waals surface area contributed by atoms with Crippen molar-refractivity contribution in [1.82, 2.24) is 10.2 Å². The van der Waals surface area contributed by atoms with Crippen molar-refractivity contribution in [2.45, 2.75) is 10.3 Å². The van der Waals surface area contributed by atoms with Crippen molar-refractivity contribution in [3.05, 3.63) is 17.5 Å². The first kappa shape index (κ1) is 13.9. The minimum Gasteiger partial charge on any atom is -0.480 e. The minimum absolute atomic E-state index is 0.0381. The standard InChI is InChI=1S/C11H12N2O4S2/c14-8-5-13(7(4-12-8)11(16)17)9(15)6-19-10-2-1-3-18-10/h1-3,7H,4-6H2,(H,12,14)(H,16,17). The predicted molar refractivity (Wildman–Crippen MR) is 71.2 cm³/mol. The van der Waals surface area contributed by atoms with Crippen LogP contribution in [0.1, 0.15) is 0 Å². The molecule has 6 nitrogen and oxygen atoms in total. The van der Waals surface area contributed by atoms with E-state index in [0.717, 1.165) is 9.11 Å². The fraction of sp³-hybridized carbons (Fsp3) is 0.364. The first-order valence-electron chi connectivity index (χ1n) is 5.53. The summed E-state index contributed by atoms with van der Waals surface area (Å²) in [5.41, 5.74) is 0. The summed E-state index contributed by atoms with van der Waals surface area (Å²) in [6, 6.07) is 2.79. The number of thioether (sulfide) groups is 1. The van der Waals surface area contributed by atoms with E-state index in [4.69, 9.17) is 5.11 Å². The molecule has 0 radical (unpaired) electrons. The van der Waals surface area contributed by atoms with E-state index >= 15 is 0 Å². The van der Waals surface area contributed by atoms with E-state index in [0.29, 0.717) is 0 Å². The van der Waals surface area contributed by atoms with E-state index in [9.17, 15) is 14.4 Å². The summed E-state index contributed by atoms with van der Waals surface area (Å²) >= 11 is 2.86. The predicted octanol–water partition coefficient (Wildman–Crippen LogP) is 0.252. The van der Waals surface area contributed by atoms with Gasteiger partial charge in [0, 0.05) is 6.54 Å². The number of hydrogen-bond donors (Lipinski definition) is 2. The third-order valence-electron chi connectivity index (χ3n) is 2.62. The summed E-state index contributed by atoms with van der Waals surface area (Å²) in [6.45, 7) is -0.232. The quantitative estimate of drug-likeness (QED) is 0.779. The van der Waals surface area contributed by atoms with Gasteiger partial charge in [0.05, 0.1) is 9.96 Å². The van der Waals surface area contributed by atoms with Crippen LogP contribution in [-0.2, 0) is 14.4 Å². The number of carbonyl (C=O) groups is 3. The van der Waals surface area contributed by atoms with Gasteiger partial charge >= 0.3 is 5.97 Å². The van der Waals surface area contributed by atoms with Crippen molar-refractivity contribution in [1.29, 1.82) is 0 Å². The van der Waals surface area contributed by atoms with Crippen LogP contribution in [0.25, 0.3) is 0 Å². The van der Waals surface area contributed by atoms with Crippen molar-refractivity contribution in [2.75, 3.05) is 18.8 Å². The fourth-order valence-electron chi connectivity index (χ4n) is 1.69. The molecule has 1 fully saturated rings. The van der Waals surface area contributed by atoms with Gasteiger partial charge in [0.15, 0.2) is 0 Å². The van der Waals surface area contributed by atoms with Crippen LogP contribution < -0.4 is 5.32 Å². The lowest BCUT2D eigenvalue weighted by atomic mass is 10.2. The Morgan fingerprint density at radius 3 is 3.00 bits per heavy atom. The first-order chi connectivity index (χ1) is 9.08. The topological polar surface area (TPSA) is 86.7 Å². The van der Waals surface area contributed by atoms with Crippen LogP contribution >= 0.6 is 23.1 Å². The van der Waals surface area contributed by atoms with Gasteiger partial charge in [0.25, 0.3) is 0 Å². The molecule has 0 aliphatic carbocycles. The molecule has 0 aromatic carbocycles. The maximum absolute atomic E-state index is 12.0. The van der Waals surface area contributed by atoms with Crippen LogP contribution in [0.2, 0.25) is 0 Å². The molecular weight excluding hydrogens is 288 g/mol. The van der Waals surface area contributed by atoms with Crippen molar-refractivity contribution in [3.63, 3.8) is 0 Å². The first-order valence-corrected chi connectivity index (χ1v) is 7.39. The molecule has 0 saturated carbocycles. The summed E-state index contributed by atoms with van der Waals surface area (Å²) in [5.74, 6) is -1.63. The van der Waals surface area contributed by atoms with E-state index in [2.05, 4.69) is 5.32 Å². The number of piperazine rings is 1. The summed E-state index contributed by atoms with van der Waals surface area (Å²) in [5, 5.41) is 13.4. The molecule has 1 aromatic rings. The minimum atomic E-state index is -1.10. The lowest BCUT2D eigenvalue weighted by molar-refractivity contribution is -0.152. The number of nitrogens with zero attached hydrogens (tertiary/aromatic N) is 1. The maximum Gasteiger partial charge on any atom is 0.328 e. The Kier molecular flexibility index (Phi) is 4.43. The lowest BCUT2D eigenvalue weighted by Crippen LogP contribution is -2.59. The molecule has 1 aliphatic heterocycles. The molecule has 1 unspecified atom stereocenters. The highest BCUT2D eigenvalue weighted by Crippen LogP contribution is 2.24. The molecule has 2 rings (SSSR count). The Labute approximate surface area is 117 Å². The number of aliphatic carboxylic acids is 1. The molecule has 1 aliphatic rings. The Morgan fingerprint density at radius 1 is 1.58 bits per heavy atom. The van der Waals surface area contributed by atoms with E-state index in [1.807, 2.05) is 17.5 Å². The molecule has 2 N–H and O–H groups in total. The number of amides is 2. The SMILES string of the molecule is O=C1CN(C(=O)CSc2cccs2)C(C(=O)O)CN1. The molecule has 0 spiro atoms. The number of carbonyl (C=O) groups excluding carboxylic acids is 2. The van der Waals surface area contributed by atoms with Gasteiger partial charge in [-0.05, 0) is 11.4 Å². The zero-order valence-electron chi connectivity index (χ0n) is 9.87. The van der Waals surface area contributed by atoms with E-state index in [-0.39, 0.29) is 30.7 Å². The second kappa shape index (κ2) is 6.07. The largest absolute Gasteiger partial charge is 0.480 e. The Bertz CT molecular complexity index is 489. The normalized spacial score (nSPS) is 19.1. The summed E-state index contributed by atoms with van der Waals surface area (Å²) < 4.78 is 0.988. The van der Waals surface area contributed by atoms with Gasteiger partial charge in [-0.1, -0.05) is 6.07 Å². The Balaban J connectivity index is 1.98. The number of rotatable bonds is 4.